The highest BCUT2D eigenvalue weighted by Gasteiger charge is 2.11. The average molecular weight is 334 g/mol. The van der Waals surface area contributed by atoms with Crippen LogP contribution >= 0.6 is 0 Å². The van der Waals surface area contributed by atoms with Crippen LogP contribution in [0.5, 0.6) is 0 Å². The summed E-state index contributed by atoms with van der Waals surface area (Å²) in [5.74, 6) is -0.639. The standard InChI is InChI=1S/C18H14N4O3/c23-17(14-9-5-2-6-10-14)21-22-25-18(24)15-11-19-16(20-12-15)13-7-3-1-4-8-13/h1-12,22H,(H,21,23). The number of carbonyl (C=O) groups excluding carboxylic acids is 2. The lowest BCUT2D eigenvalue weighted by molar-refractivity contribution is 0.0137. The molecule has 0 fully saturated rings. The maximum atomic E-state index is 11.9. The SMILES string of the molecule is O=C(NNOC(=O)c1cnc(-c2ccccc2)nc1)c1ccccc1. The van der Waals surface area contributed by atoms with E-state index in [2.05, 4.69) is 21.0 Å². The van der Waals surface area contributed by atoms with Gasteiger partial charge in [0.05, 0.1) is 5.56 Å². The second-order valence-electron chi connectivity index (χ2n) is 4.97. The van der Waals surface area contributed by atoms with E-state index in [0.717, 1.165) is 5.56 Å². The van der Waals surface area contributed by atoms with Crippen LogP contribution in [-0.4, -0.2) is 21.8 Å². The number of rotatable bonds is 5. The van der Waals surface area contributed by atoms with Crippen LogP contribution in [0.1, 0.15) is 20.7 Å². The van der Waals surface area contributed by atoms with E-state index in [4.69, 9.17) is 4.84 Å². The molecule has 1 aromatic heterocycles. The minimum atomic E-state index is -0.715. The lowest BCUT2D eigenvalue weighted by Crippen LogP contribution is -2.38. The molecular formula is C18H14N4O3. The fraction of sp³-hybridized carbons (Fsp3) is 0. The van der Waals surface area contributed by atoms with E-state index in [1.165, 1.54) is 12.4 Å². The summed E-state index contributed by atoms with van der Waals surface area (Å²) in [6.45, 7) is 0. The van der Waals surface area contributed by atoms with Crippen LogP contribution in [0.4, 0.5) is 0 Å². The molecule has 0 aliphatic heterocycles. The zero-order valence-corrected chi connectivity index (χ0v) is 13.0. The van der Waals surface area contributed by atoms with Gasteiger partial charge in [-0.3, -0.25) is 10.2 Å². The predicted molar refractivity (Wildman–Crippen MR) is 89.9 cm³/mol. The van der Waals surface area contributed by atoms with Crippen molar-refractivity contribution in [2.75, 3.05) is 0 Å². The lowest BCUT2D eigenvalue weighted by atomic mass is 10.2. The van der Waals surface area contributed by atoms with E-state index in [9.17, 15) is 9.59 Å². The summed E-state index contributed by atoms with van der Waals surface area (Å²) in [5, 5.41) is 0. The molecule has 0 atom stereocenters. The number of nitrogens with zero attached hydrogens (tertiary/aromatic N) is 2. The first kappa shape index (κ1) is 16.3. The Bertz CT molecular complexity index is 853. The highest BCUT2D eigenvalue weighted by Crippen LogP contribution is 2.13. The summed E-state index contributed by atoms with van der Waals surface area (Å²) < 4.78 is 0. The topological polar surface area (TPSA) is 93.2 Å². The number of benzene rings is 2. The number of amides is 1. The van der Waals surface area contributed by atoms with E-state index in [-0.39, 0.29) is 5.56 Å². The fourth-order valence-electron chi connectivity index (χ4n) is 2.01. The van der Waals surface area contributed by atoms with Crippen molar-refractivity contribution < 1.29 is 14.4 Å². The molecule has 0 saturated carbocycles. The van der Waals surface area contributed by atoms with Crippen LogP contribution in [0.2, 0.25) is 0 Å². The first-order valence-corrected chi connectivity index (χ1v) is 7.43. The molecule has 7 heteroatoms. The van der Waals surface area contributed by atoms with Crippen LogP contribution in [0.15, 0.2) is 73.1 Å². The second kappa shape index (κ2) is 7.80. The predicted octanol–water partition coefficient (Wildman–Crippen LogP) is 2.15. The van der Waals surface area contributed by atoms with Crippen LogP contribution in [0.25, 0.3) is 11.4 Å². The molecule has 0 aliphatic rings. The lowest BCUT2D eigenvalue weighted by Gasteiger charge is -2.07. The summed E-state index contributed by atoms with van der Waals surface area (Å²) in [4.78, 5) is 36.7. The number of hydrogen-bond acceptors (Lipinski definition) is 6. The quantitative estimate of drug-likeness (QED) is 0.695. The van der Waals surface area contributed by atoms with Gasteiger partial charge in [-0.05, 0) is 12.1 Å². The Labute approximate surface area is 143 Å². The van der Waals surface area contributed by atoms with E-state index < -0.39 is 11.9 Å². The van der Waals surface area contributed by atoms with Crippen LogP contribution < -0.4 is 11.0 Å². The molecule has 0 spiro atoms. The summed E-state index contributed by atoms with van der Waals surface area (Å²) in [5.41, 5.74) is 5.82. The third kappa shape index (κ3) is 4.24. The van der Waals surface area contributed by atoms with E-state index in [0.29, 0.717) is 11.4 Å². The molecule has 2 N–H and O–H groups in total. The minimum Gasteiger partial charge on any atom is -0.346 e. The van der Waals surface area contributed by atoms with Gasteiger partial charge in [0.2, 0.25) is 0 Å². The molecule has 124 valence electrons. The zero-order chi connectivity index (χ0) is 17.5. The van der Waals surface area contributed by atoms with E-state index in [1.807, 2.05) is 30.3 Å². The third-order valence-electron chi connectivity index (χ3n) is 3.26. The van der Waals surface area contributed by atoms with E-state index >= 15 is 0 Å². The molecule has 3 rings (SSSR count). The fourth-order valence-corrected chi connectivity index (χ4v) is 2.01. The Kier molecular flexibility index (Phi) is 5.08. The molecule has 1 heterocycles. The van der Waals surface area contributed by atoms with Gasteiger partial charge in [0.15, 0.2) is 5.82 Å². The number of aromatic nitrogens is 2. The van der Waals surface area contributed by atoms with Gasteiger partial charge >= 0.3 is 5.97 Å². The largest absolute Gasteiger partial charge is 0.361 e. The number of nitrogens with one attached hydrogen (secondary N) is 2. The van der Waals surface area contributed by atoms with Crippen molar-refractivity contribution in [2.24, 2.45) is 0 Å². The number of hydrogen-bond donors (Lipinski definition) is 2. The van der Waals surface area contributed by atoms with Gasteiger partial charge in [0, 0.05) is 23.5 Å². The Morgan fingerprint density at radius 2 is 1.40 bits per heavy atom. The molecule has 0 unspecified atom stereocenters. The minimum absolute atomic E-state index is 0.154. The van der Waals surface area contributed by atoms with Crippen LogP contribution in [0.3, 0.4) is 0 Å². The molecule has 0 radical (unpaired) electrons. The van der Waals surface area contributed by atoms with Crippen molar-refractivity contribution in [3.05, 3.63) is 84.2 Å². The van der Waals surface area contributed by atoms with Crippen molar-refractivity contribution in [1.82, 2.24) is 21.0 Å². The molecule has 2 aromatic carbocycles. The first-order chi connectivity index (χ1) is 12.2. The van der Waals surface area contributed by atoms with Gasteiger partial charge in [-0.1, -0.05) is 54.1 Å². The summed E-state index contributed by atoms with van der Waals surface area (Å²) >= 11 is 0. The van der Waals surface area contributed by atoms with Gasteiger partial charge in [0.1, 0.15) is 0 Å². The van der Waals surface area contributed by atoms with Crippen LogP contribution in [-0.2, 0) is 4.84 Å². The van der Waals surface area contributed by atoms with Gasteiger partial charge in [-0.25, -0.2) is 14.8 Å². The molecule has 1 amide bonds. The molecule has 0 saturated heterocycles. The van der Waals surface area contributed by atoms with Crippen molar-refractivity contribution in [3.8, 4) is 11.4 Å². The smallest absolute Gasteiger partial charge is 0.346 e. The molecule has 25 heavy (non-hydrogen) atoms. The third-order valence-corrected chi connectivity index (χ3v) is 3.26. The van der Waals surface area contributed by atoms with Crippen molar-refractivity contribution in [3.63, 3.8) is 0 Å². The monoisotopic (exact) mass is 334 g/mol. The van der Waals surface area contributed by atoms with Gasteiger partial charge in [-0.2, -0.15) is 0 Å². The maximum Gasteiger partial charge on any atom is 0.361 e. The summed E-state index contributed by atoms with van der Waals surface area (Å²) in [7, 11) is 0. The molecule has 0 bridgehead atoms. The van der Waals surface area contributed by atoms with Crippen molar-refractivity contribution >= 4 is 11.9 Å². The highest BCUT2D eigenvalue weighted by atomic mass is 16.7. The summed E-state index contributed by atoms with van der Waals surface area (Å²) in [6, 6.07) is 17.9. The highest BCUT2D eigenvalue weighted by molar-refractivity contribution is 5.94. The Morgan fingerprint density at radius 3 is 2.04 bits per heavy atom. The Balaban J connectivity index is 1.54. The van der Waals surface area contributed by atoms with Crippen LogP contribution in [0, 0.1) is 0 Å². The van der Waals surface area contributed by atoms with Crippen molar-refractivity contribution in [2.45, 2.75) is 0 Å². The zero-order valence-electron chi connectivity index (χ0n) is 13.0. The molecule has 3 aromatic rings. The molecule has 7 nitrogen and oxygen atoms in total. The van der Waals surface area contributed by atoms with Gasteiger partial charge in [0.25, 0.3) is 5.91 Å². The molecular weight excluding hydrogens is 320 g/mol. The average Bonchev–Trinajstić information content (AvgIpc) is 2.69. The van der Waals surface area contributed by atoms with Gasteiger partial charge in [-0.15, -0.1) is 0 Å². The summed E-state index contributed by atoms with van der Waals surface area (Å²) in [6.07, 6.45) is 2.72. The second-order valence-corrected chi connectivity index (χ2v) is 4.97. The van der Waals surface area contributed by atoms with Crippen molar-refractivity contribution in [1.29, 1.82) is 0 Å². The maximum absolute atomic E-state index is 11.9. The Morgan fingerprint density at radius 1 is 0.800 bits per heavy atom. The number of carbonyl (C=O) groups is 2. The van der Waals surface area contributed by atoms with E-state index in [1.54, 1.807) is 30.3 Å². The number of hydrazine groups is 1. The molecule has 0 aliphatic carbocycles. The van der Waals surface area contributed by atoms with Gasteiger partial charge < -0.3 is 4.84 Å². The Hall–Kier alpha value is -3.58. The first-order valence-electron chi connectivity index (χ1n) is 7.43. The normalized spacial score (nSPS) is 10.1.